The Morgan fingerprint density at radius 1 is 1.28 bits per heavy atom. The summed E-state index contributed by atoms with van der Waals surface area (Å²) in [5.74, 6) is 1.88. The highest BCUT2D eigenvalue weighted by atomic mass is 16.7. The van der Waals surface area contributed by atoms with Crippen molar-refractivity contribution in [1.29, 1.82) is 0 Å². The number of hydrogen-bond donors (Lipinski definition) is 0. The SMILES string of the molecule is O=C(/C=C/c1ccc2c(c1)OCO2)N1CCC(Oc2cnccn2)C1. The second-order valence-corrected chi connectivity index (χ2v) is 5.80. The van der Waals surface area contributed by atoms with E-state index in [1.807, 2.05) is 18.2 Å². The van der Waals surface area contributed by atoms with E-state index >= 15 is 0 Å². The summed E-state index contributed by atoms with van der Waals surface area (Å²) in [6.45, 7) is 1.44. The van der Waals surface area contributed by atoms with Gasteiger partial charge in [-0.25, -0.2) is 4.98 Å². The first kappa shape index (κ1) is 15.4. The molecule has 1 fully saturated rings. The standard InChI is InChI=1S/C18H17N3O4/c22-18(4-2-13-1-3-15-16(9-13)24-12-23-15)21-8-5-14(11-21)25-17-10-19-6-7-20-17/h1-4,6-7,9-10,14H,5,8,11-12H2/b4-2+. The molecule has 25 heavy (non-hydrogen) atoms. The number of carbonyl (C=O) groups excluding carboxylic acids is 1. The van der Waals surface area contributed by atoms with Gasteiger partial charge in [-0.2, -0.15) is 0 Å². The number of rotatable bonds is 4. The maximum atomic E-state index is 12.4. The molecule has 0 N–H and O–H groups in total. The molecule has 1 saturated heterocycles. The fourth-order valence-electron chi connectivity index (χ4n) is 2.83. The van der Waals surface area contributed by atoms with Crippen LogP contribution in [0.4, 0.5) is 0 Å². The maximum Gasteiger partial charge on any atom is 0.246 e. The summed E-state index contributed by atoms with van der Waals surface area (Å²) in [7, 11) is 0. The van der Waals surface area contributed by atoms with E-state index in [4.69, 9.17) is 14.2 Å². The lowest BCUT2D eigenvalue weighted by atomic mass is 10.2. The van der Waals surface area contributed by atoms with Crippen LogP contribution < -0.4 is 14.2 Å². The number of fused-ring (bicyclic) bond motifs is 1. The summed E-state index contributed by atoms with van der Waals surface area (Å²) >= 11 is 0. The van der Waals surface area contributed by atoms with Crippen LogP contribution in [0.5, 0.6) is 17.4 Å². The number of amides is 1. The smallest absolute Gasteiger partial charge is 0.246 e. The molecule has 0 radical (unpaired) electrons. The lowest BCUT2D eigenvalue weighted by molar-refractivity contribution is -0.125. The lowest BCUT2D eigenvalue weighted by Gasteiger charge is -2.15. The fraction of sp³-hybridized carbons (Fsp3) is 0.278. The van der Waals surface area contributed by atoms with Crippen molar-refractivity contribution >= 4 is 12.0 Å². The van der Waals surface area contributed by atoms with Crippen molar-refractivity contribution in [2.45, 2.75) is 12.5 Å². The van der Waals surface area contributed by atoms with Gasteiger partial charge in [-0.05, 0) is 23.8 Å². The zero-order chi connectivity index (χ0) is 17.1. The fourth-order valence-corrected chi connectivity index (χ4v) is 2.83. The second kappa shape index (κ2) is 6.80. The lowest BCUT2D eigenvalue weighted by Crippen LogP contribution is -2.29. The van der Waals surface area contributed by atoms with Gasteiger partial charge in [0.25, 0.3) is 0 Å². The third kappa shape index (κ3) is 3.55. The number of hydrogen-bond acceptors (Lipinski definition) is 6. The summed E-state index contributed by atoms with van der Waals surface area (Å²) < 4.78 is 16.4. The van der Waals surface area contributed by atoms with Crippen LogP contribution in [0.3, 0.4) is 0 Å². The van der Waals surface area contributed by atoms with Crippen molar-refractivity contribution in [3.05, 3.63) is 48.4 Å². The van der Waals surface area contributed by atoms with Crippen LogP contribution in [0, 0.1) is 0 Å². The third-order valence-corrected chi connectivity index (χ3v) is 4.10. The predicted octanol–water partition coefficient (Wildman–Crippen LogP) is 1.90. The average Bonchev–Trinajstić information content (AvgIpc) is 3.29. The molecule has 7 heteroatoms. The molecular formula is C18H17N3O4. The van der Waals surface area contributed by atoms with Gasteiger partial charge in [0.1, 0.15) is 6.10 Å². The molecule has 0 saturated carbocycles. The van der Waals surface area contributed by atoms with Crippen LogP contribution in [0.1, 0.15) is 12.0 Å². The molecular weight excluding hydrogens is 322 g/mol. The molecule has 0 spiro atoms. The third-order valence-electron chi connectivity index (χ3n) is 4.10. The Balaban J connectivity index is 1.34. The van der Waals surface area contributed by atoms with Crippen molar-refractivity contribution in [2.24, 2.45) is 0 Å². The molecule has 2 aromatic rings. The molecule has 0 bridgehead atoms. The quantitative estimate of drug-likeness (QED) is 0.792. The first-order chi connectivity index (χ1) is 12.3. The Labute approximate surface area is 144 Å². The minimum atomic E-state index is -0.0559. The Kier molecular flexibility index (Phi) is 4.20. The van der Waals surface area contributed by atoms with Gasteiger partial charge in [-0.3, -0.25) is 9.78 Å². The van der Waals surface area contributed by atoms with E-state index in [0.717, 1.165) is 17.7 Å². The molecule has 1 amide bonds. The van der Waals surface area contributed by atoms with Crippen molar-refractivity contribution in [3.63, 3.8) is 0 Å². The maximum absolute atomic E-state index is 12.4. The number of nitrogens with zero attached hydrogens (tertiary/aromatic N) is 3. The molecule has 7 nitrogen and oxygen atoms in total. The van der Waals surface area contributed by atoms with Crippen LogP contribution in [-0.4, -0.2) is 46.8 Å². The van der Waals surface area contributed by atoms with Gasteiger partial charge >= 0.3 is 0 Å². The van der Waals surface area contributed by atoms with Crippen molar-refractivity contribution < 1.29 is 19.0 Å². The molecule has 1 unspecified atom stereocenters. The van der Waals surface area contributed by atoms with Crippen LogP contribution in [0.25, 0.3) is 6.08 Å². The summed E-state index contributed by atoms with van der Waals surface area (Å²) in [5, 5.41) is 0. The highest BCUT2D eigenvalue weighted by molar-refractivity contribution is 5.92. The van der Waals surface area contributed by atoms with Gasteiger partial charge in [0.15, 0.2) is 11.5 Å². The highest BCUT2D eigenvalue weighted by Crippen LogP contribution is 2.32. The number of aromatic nitrogens is 2. The topological polar surface area (TPSA) is 73.8 Å². The molecule has 0 aliphatic carbocycles. The predicted molar refractivity (Wildman–Crippen MR) is 89.2 cm³/mol. The van der Waals surface area contributed by atoms with E-state index in [2.05, 4.69) is 9.97 Å². The molecule has 128 valence electrons. The van der Waals surface area contributed by atoms with Crippen LogP contribution >= 0.6 is 0 Å². The van der Waals surface area contributed by atoms with Crippen LogP contribution in [0.2, 0.25) is 0 Å². The first-order valence-corrected chi connectivity index (χ1v) is 8.07. The monoisotopic (exact) mass is 339 g/mol. The zero-order valence-electron chi connectivity index (χ0n) is 13.5. The van der Waals surface area contributed by atoms with Gasteiger partial charge in [-0.1, -0.05) is 6.07 Å². The summed E-state index contributed by atoms with van der Waals surface area (Å²) in [4.78, 5) is 22.2. The molecule has 1 atom stereocenters. The number of likely N-dealkylation sites (tertiary alicyclic amines) is 1. The Morgan fingerprint density at radius 3 is 3.08 bits per heavy atom. The van der Waals surface area contributed by atoms with Crippen molar-refractivity contribution in [3.8, 4) is 17.4 Å². The van der Waals surface area contributed by atoms with E-state index in [1.165, 1.54) is 0 Å². The molecule has 4 rings (SSSR count). The molecule has 2 aliphatic heterocycles. The van der Waals surface area contributed by atoms with Crippen molar-refractivity contribution in [1.82, 2.24) is 14.9 Å². The minimum Gasteiger partial charge on any atom is -0.471 e. The van der Waals surface area contributed by atoms with Gasteiger partial charge < -0.3 is 19.1 Å². The Bertz CT molecular complexity index is 794. The molecule has 1 aromatic carbocycles. The van der Waals surface area contributed by atoms with Crippen molar-refractivity contribution in [2.75, 3.05) is 19.9 Å². The van der Waals surface area contributed by atoms with Gasteiger partial charge in [0, 0.05) is 31.4 Å². The Morgan fingerprint density at radius 2 is 2.20 bits per heavy atom. The summed E-state index contributed by atoms with van der Waals surface area (Å²) in [5.41, 5.74) is 0.893. The summed E-state index contributed by atoms with van der Waals surface area (Å²) in [6.07, 6.45) is 8.83. The van der Waals surface area contributed by atoms with E-state index < -0.39 is 0 Å². The van der Waals surface area contributed by atoms with Crippen LogP contribution in [-0.2, 0) is 4.79 Å². The van der Waals surface area contributed by atoms with E-state index in [-0.39, 0.29) is 18.8 Å². The Hall–Kier alpha value is -3.09. The first-order valence-electron chi connectivity index (χ1n) is 8.07. The minimum absolute atomic E-state index is 0.0390. The highest BCUT2D eigenvalue weighted by Gasteiger charge is 2.26. The van der Waals surface area contributed by atoms with Gasteiger partial charge in [-0.15, -0.1) is 0 Å². The van der Waals surface area contributed by atoms with Crippen LogP contribution in [0.15, 0.2) is 42.9 Å². The molecule has 2 aliphatic rings. The normalized spacial score (nSPS) is 18.7. The number of carbonyl (C=O) groups is 1. The van der Waals surface area contributed by atoms with Gasteiger partial charge in [0.2, 0.25) is 18.6 Å². The van der Waals surface area contributed by atoms with Gasteiger partial charge in [0.05, 0.1) is 12.7 Å². The average molecular weight is 339 g/mol. The zero-order valence-corrected chi connectivity index (χ0v) is 13.5. The number of benzene rings is 1. The van der Waals surface area contributed by atoms with E-state index in [9.17, 15) is 4.79 Å². The van der Waals surface area contributed by atoms with E-state index in [1.54, 1.807) is 35.6 Å². The second-order valence-electron chi connectivity index (χ2n) is 5.80. The number of ether oxygens (including phenoxy) is 3. The molecule has 3 heterocycles. The summed E-state index contributed by atoms with van der Waals surface area (Å²) in [6, 6.07) is 5.59. The largest absolute Gasteiger partial charge is 0.471 e. The van der Waals surface area contributed by atoms with E-state index in [0.29, 0.717) is 24.7 Å². The molecule has 1 aromatic heterocycles.